The summed E-state index contributed by atoms with van der Waals surface area (Å²) >= 11 is 7.65. The van der Waals surface area contributed by atoms with E-state index in [0.29, 0.717) is 0 Å². The minimum atomic E-state index is 0.0172. The maximum absolute atomic E-state index is 6.36. The van der Waals surface area contributed by atoms with E-state index in [0.717, 1.165) is 11.4 Å². The highest BCUT2D eigenvalue weighted by Gasteiger charge is 2.11. The second-order valence-corrected chi connectivity index (χ2v) is 5.98. The number of hydrogen-bond acceptors (Lipinski definition) is 2. The van der Waals surface area contributed by atoms with E-state index in [1.54, 1.807) is 11.3 Å². The lowest BCUT2D eigenvalue weighted by atomic mass is 9.99. The van der Waals surface area contributed by atoms with Gasteiger partial charge in [-0.1, -0.05) is 41.9 Å². The molecule has 0 saturated heterocycles. The average molecular weight is 288 g/mol. The molecule has 0 radical (unpaired) electrons. The number of thiophene rings is 1. The summed E-state index contributed by atoms with van der Waals surface area (Å²) in [5, 5.41) is 4.15. The molecule has 1 aromatic heterocycles. The van der Waals surface area contributed by atoms with Gasteiger partial charge in [0.2, 0.25) is 0 Å². The van der Waals surface area contributed by atoms with Crippen LogP contribution in [0.25, 0.3) is 10.1 Å². The fourth-order valence-electron chi connectivity index (χ4n) is 2.29. The second-order valence-electron chi connectivity index (χ2n) is 4.62. The summed E-state index contributed by atoms with van der Waals surface area (Å²) < 4.78 is 1.30. The van der Waals surface area contributed by atoms with Crippen LogP contribution in [0.4, 0.5) is 0 Å². The van der Waals surface area contributed by atoms with Crippen LogP contribution in [-0.4, -0.2) is 0 Å². The van der Waals surface area contributed by atoms with Gasteiger partial charge in [-0.15, -0.1) is 11.3 Å². The lowest BCUT2D eigenvalue weighted by Crippen LogP contribution is -2.13. The van der Waals surface area contributed by atoms with Gasteiger partial charge in [-0.05, 0) is 46.5 Å². The quantitative estimate of drug-likeness (QED) is 0.736. The molecule has 0 aliphatic carbocycles. The molecule has 0 saturated carbocycles. The Balaban J connectivity index is 1.89. The molecule has 0 aliphatic heterocycles. The number of rotatable bonds is 3. The van der Waals surface area contributed by atoms with Gasteiger partial charge in [-0.2, -0.15) is 0 Å². The van der Waals surface area contributed by atoms with Crippen LogP contribution < -0.4 is 5.73 Å². The van der Waals surface area contributed by atoms with Crippen molar-refractivity contribution in [3.05, 3.63) is 70.1 Å². The van der Waals surface area contributed by atoms with Crippen molar-refractivity contribution in [2.24, 2.45) is 5.73 Å². The van der Waals surface area contributed by atoms with E-state index in [4.69, 9.17) is 17.3 Å². The number of nitrogens with two attached hydrogens (primary N) is 1. The first-order valence-corrected chi connectivity index (χ1v) is 7.46. The Morgan fingerprint density at radius 1 is 1.05 bits per heavy atom. The molecule has 0 fully saturated rings. The molecule has 2 aromatic carbocycles. The Morgan fingerprint density at radius 3 is 2.63 bits per heavy atom. The SMILES string of the molecule is NC(Cc1ccc(Cl)cc1)c1cccc2ccsc12. The van der Waals surface area contributed by atoms with E-state index in [2.05, 4.69) is 29.6 Å². The van der Waals surface area contributed by atoms with E-state index in [1.807, 2.05) is 24.3 Å². The standard InChI is InChI=1S/C16H14ClNS/c17-13-6-4-11(5-7-13)10-15(18)14-3-1-2-12-8-9-19-16(12)14/h1-9,15H,10,18H2. The first-order chi connectivity index (χ1) is 9.24. The molecule has 1 nitrogen and oxygen atoms in total. The van der Waals surface area contributed by atoms with Crippen LogP contribution in [0.5, 0.6) is 0 Å². The maximum atomic E-state index is 6.36. The van der Waals surface area contributed by atoms with Crippen molar-refractivity contribution in [3.8, 4) is 0 Å². The Morgan fingerprint density at radius 2 is 1.84 bits per heavy atom. The first-order valence-electron chi connectivity index (χ1n) is 6.20. The van der Waals surface area contributed by atoms with Crippen LogP contribution in [0.1, 0.15) is 17.2 Å². The van der Waals surface area contributed by atoms with Crippen molar-refractivity contribution >= 4 is 33.0 Å². The minimum Gasteiger partial charge on any atom is -0.324 e. The van der Waals surface area contributed by atoms with E-state index in [1.165, 1.54) is 21.2 Å². The summed E-state index contributed by atoms with van der Waals surface area (Å²) in [6.45, 7) is 0. The van der Waals surface area contributed by atoms with Crippen LogP contribution in [0.15, 0.2) is 53.9 Å². The second kappa shape index (κ2) is 5.33. The topological polar surface area (TPSA) is 26.0 Å². The summed E-state index contributed by atoms with van der Waals surface area (Å²) in [4.78, 5) is 0. The Hall–Kier alpha value is -1.35. The Kier molecular flexibility index (Phi) is 3.56. The highest BCUT2D eigenvalue weighted by atomic mass is 35.5. The van der Waals surface area contributed by atoms with Crippen LogP contribution in [0.3, 0.4) is 0 Å². The molecule has 2 N–H and O–H groups in total. The fourth-order valence-corrected chi connectivity index (χ4v) is 3.40. The molecule has 3 aromatic rings. The number of hydrogen-bond donors (Lipinski definition) is 1. The van der Waals surface area contributed by atoms with Gasteiger partial charge in [0.05, 0.1) is 0 Å². The Labute approximate surface area is 121 Å². The van der Waals surface area contributed by atoms with Gasteiger partial charge in [0.1, 0.15) is 0 Å². The van der Waals surface area contributed by atoms with Crippen molar-refractivity contribution in [1.82, 2.24) is 0 Å². The first kappa shape index (κ1) is 12.7. The zero-order valence-electron chi connectivity index (χ0n) is 10.3. The molecule has 1 unspecified atom stereocenters. The molecule has 0 bridgehead atoms. The maximum Gasteiger partial charge on any atom is 0.0406 e. The zero-order valence-corrected chi connectivity index (χ0v) is 11.9. The molecule has 0 spiro atoms. The highest BCUT2D eigenvalue weighted by Crippen LogP contribution is 2.29. The molecule has 3 heteroatoms. The molecule has 1 heterocycles. The molecular weight excluding hydrogens is 274 g/mol. The van der Waals surface area contributed by atoms with Gasteiger partial charge in [-0.3, -0.25) is 0 Å². The minimum absolute atomic E-state index is 0.0172. The highest BCUT2D eigenvalue weighted by molar-refractivity contribution is 7.17. The zero-order chi connectivity index (χ0) is 13.2. The van der Waals surface area contributed by atoms with Gasteiger partial charge < -0.3 is 5.73 Å². The van der Waals surface area contributed by atoms with Crippen molar-refractivity contribution in [1.29, 1.82) is 0 Å². The number of benzene rings is 2. The largest absolute Gasteiger partial charge is 0.324 e. The summed E-state index contributed by atoms with van der Waals surface area (Å²) in [7, 11) is 0. The lowest BCUT2D eigenvalue weighted by molar-refractivity contribution is 0.729. The van der Waals surface area contributed by atoms with Crippen LogP contribution >= 0.6 is 22.9 Å². The predicted octanol–water partition coefficient (Wildman–Crippen LogP) is 4.80. The Bertz CT molecular complexity index is 687. The van der Waals surface area contributed by atoms with E-state index < -0.39 is 0 Å². The van der Waals surface area contributed by atoms with Gasteiger partial charge in [-0.25, -0.2) is 0 Å². The molecule has 1 atom stereocenters. The normalized spacial score (nSPS) is 12.7. The van der Waals surface area contributed by atoms with E-state index in [9.17, 15) is 0 Å². The number of fused-ring (bicyclic) bond motifs is 1. The van der Waals surface area contributed by atoms with Crippen LogP contribution in [-0.2, 0) is 6.42 Å². The average Bonchev–Trinajstić information content (AvgIpc) is 2.89. The third-order valence-electron chi connectivity index (χ3n) is 3.28. The monoisotopic (exact) mass is 287 g/mol. The molecule has 96 valence electrons. The van der Waals surface area contributed by atoms with Gasteiger partial charge >= 0.3 is 0 Å². The van der Waals surface area contributed by atoms with Crippen LogP contribution in [0.2, 0.25) is 5.02 Å². The smallest absolute Gasteiger partial charge is 0.0406 e. The lowest BCUT2D eigenvalue weighted by Gasteiger charge is -2.13. The molecular formula is C16H14ClNS. The van der Waals surface area contributed by atoms with Gasteiger partial charge in [0.15, 0.2) is 0 Å². The fraction of sp³-hybridized carbons (Fsp3) is 0.125. The third-order valence-corrected chi connectivity index (χ3v) is 4.51. The van der Waals surface area contributed by atoms with Crippen molar-refractivity contribution in [2.75, 3.05) is 0 Å². The molecule has 0 amide bonds. The van der Waals surface area contributed by atoms with Crippen molar-refractivity contribution in [2.45, 2.75) is 12.5 Å². The summed E-state index contributed by atoms with van der Waals surface area (Å²) in [6.07, 6.45) is 0.828. The van der Waals surface area contributed by atoms with Crippen molar-refractivity contribution in [3.63, 3.8) is 0 Å². The van der Waals surface area contributed by atoms with E-state index in [-0.39, 0.29) is 6.04 Å². The van der Waals surface area contributed by atoms with Crippen LogP contribution in [0, 0.1) is 0 Å². The molecule has 19 heavy (non-hydrogen) atoms. The van der Waals surface area contributed by atoms with E-state index >= 15 is 0 Å². The van der Waals surface area contributed by atoms with Gasteiger partial charge in [0.25, 0.3) is 0 Å². The number of halogens is 1. The van der Waals surface area contributed by atoms with Crippen molar-refractivity contribution < 1.29 is 0 Å². The third kappa shape index (κ3) is 2.66. The summed E-state index contributed by atoms with van der Waals surface area (Å²) in [5.74, 6) is 0. The predicted molar refractivity (Wildman–Crippen MR) is 83.9 cm³/mol. The summed E-state index contributed by atoms with van der Waals surface area (Å²) in [5.41, 5.74) is 8.80. The molecule has 0 aliphatic rings. The van der Waals surface area contributed by atoms with Gasteiger partial charge in [0, 0.05) is 15.8 Å². The summed E-state index contributed by atoms with van der Waals surface area (Å²) in [6, 6.07) is 16.4. The molecule has 3 rings (SSSR count).